The number of methoxy groups -OCH3 is 1. The van der Waals surface area contributed by atoms with Crippen LogP contribution < -0.4 is 35.8 Å². The highest BCUT2D eigenvalue weighted by atomic mass is 35.5. The molecule has 0 radical (unpaired) electrons. The van der Waals surface area contributed by atoms with E-state index in [1.54, 1.807) is 43.5 Å². The second-order valence-electron chi connectivity index (χ2n) is 20.9. The minimum Gasteiger partial charge on any atom is -0.494 e. The Bertz CT molecular complexity index is 3280. The van der Waals surface area contributed by atoms with Crippen LogP contribution in [0.15, 0.2) is 97.5 Å². The highest BCUT2D eigenvalue weighted by Gasteiger charge is 2.45. The highest BCUT2D eigenvalue weighted by molar-refractivity contribution is 7.70. The molecule has 0 bridgehead atoms. The summed E-state index contributed by atoms with van der Waals surface area (Å²) in [5.74, 6) is -0.182. The van der Waals surface area contributed by atoms with Gasteiger partial charge in [0.15, 0.2) is 5.82 Å². The molecule has 394 valence electrons. The Morgan fingerprint density at radius 3 is 2.25 bits per heavy atom. The van der Waals surface area contributed by atoms with Gasteiger partial charge in [0.05, 0.1) is 42.0 Å². The molecular weight excluding hydrogens is 1000 g/mol. The fourth-order valence-corrected chi connectivity index (χ4v) is 12.9. The number of benzene rings is 4. The number of hydrogen-bond donors (Lipinski definition) is 3. The summed E-state index contributed by atoms with van der Waals surface area (Å²) in [6.45, 7) is 12.1. The molecule has 0 saturated carbocycles. The van der Waals surface area contributed by atoms with Gasteiger partial charge in [0, 0.05) is 118 Å². The number of halogens is 1. The van der Waals surface area contributed by atoms with Crippen molar-refractivity contribution < 1.29 is 28.5 Å². The molecule has 7 heterocycles. The van der Waals surface area contributed by atoms with Crippen molar-refractivity contribution in [1.29, 1.82) is 0 Å². The third-order valence-corrected chi connectivity index (χ3v) is 17.4. The first-order valence-corrected chi connectivity index (χ1v) is 29.0. The topological polar surface area (TPSA) is 190 Å². The van der Waals surface area contributed by atoms with Gasteiger partial charge in [0.1, 0.15) is 24.0 Å². The fraction of sp³-hybridized carbons (Fsp3) is 0.375. The molecule has 5 aliphatic heterocycles. The van der Waals surface area contributed by atoms with Crippen LogP contribution in [0.5, 0.6) is 5.75 Å². The molecule has 2 aromatic heterocycles. The van der Waals surface area contributed by atoms with Crippen molar-refractivity contribution in [2.75, 3.05) is 99.8 Å². The number of carbonyl (C=O) groups excluding carboxylic acids is 4. The molecule has 6 aromatic rings. The van der Waals surface area contributed by atoms with Gasteiger partial charge in [-0.25, -0.2) is 4.98 Å². The lowest BCUT2D eigenvalue weighted by atomic mass is 9.98. The van der Waals surface area contributed by atoms with Crippen LogP contribution in [0.2, 0.25) is 5.02 Å². The number of nitrogens with zero attached hydrogens (tertiary/aromatic N) is 9. The molecule has 18 nitrogen and oxygen atoms in total. The zero-order chi connectivity index (χ0) is 52.8. The van der Waals surface area contributed by atoms with Gasteiger partial charge in [-0.15, -0.1) is 0 Å². The number of aromatic nitrogens is 4. The Labute approximate surface area is 447 Å². The largest absolute Gasteiger partial charge is 0.494 e. The van der Waals surface area contributed by atoms with Crippen molar-refractivity contribution in [3.63, 3.8) is 0 Å². The lowest BCUT2D eigenvalue weighted by Crippen LogP contribution is -2.54. The predicted octanol–water partition coefficient (Wildman–Crippen LogP) is 7.46. The van der Waals surface area contributed by atoms with Crippen LogP contribution in [0.1, 0.15) is 52.8 Å². The summed E-state index contributed by atoms with van der Waals surface area (Å²) in [4.78, 5) is 71.5. The van der Waals surface area contributed by atoms with Gasteiger partial charge in [-0.3, -0.25) is 39.0 Å². The standard InChI is InChI=1S/C56H62ClN12O6P/c1-64-34-38(30-59-64)42-28-46(61-56-58-31-44(57)52(63-56)60-45-13-10-37(26-50(45)76(3,4)74)36-8-6-5-7-9-36)49(75-2)29-48(42)67-20-17-39(18-21-67)66-24-22-65(23-25-66)32-35-16-19-68(33-35)40-11-12-41-43(27-40)55(73)69(54(41)72)47-14-15-51(70)62-53(47)71/h5-13,26-31,34-35,39,47H,14-25,32-33H2,1-4H3,(H,62,70,71)(H2,58,60,61,63). The average molecular weight is 1070 g/mol. The second kappa shape index (κ2) is 21.1. The van der Waals surface area contributed by atoms with Crippen LogP contribution in [-0.2, 0) is 21.2 Å². The maximum absolute atomic E-state index is 13.7. The van der Waals surface area contributed by atoms with Crippen LogP contribution in [-0.4, -0.2) is 150 Å². The van der Waals surface area contributed by atoms with Crippen molar-refractivity contribution in [1.82, 2.24) is 39.8 Å². The van der Waals surface area contributed by atoms with E-state index in [0.717, 1.165) is 117 Å². The minimum atomic E-state index is -2.74. The highest BCUT2D eigenvalue weighted by Crippen LogP contribution is 2.43. The Morgan fingerprint density at radius 1 is 0.763 bits per heavy atom. The number of anilines is 6. The quantitative estimate of drug-likeness (QED) is 0.0720. The number of ether oxygens (including phenoxy) is 1. The number of hydrogen-bond acceptors (Lipinski definition) is 15. The van der Waals surface area contributed by atoms with Crippen LogP contribution in [0.25, 0.3) is 22.3 Å². The molecule has 11 rings (SSSR count). The fourth-order valence-electron chi connectivity index (χ4n) is 11.6. The Morgan fingerprint density at radius 2 is 1.53 bits per heavy atom. The van der Waals surface area contributed by atoms with Gasteiger partial charge >= 0.3 is 0 Å². The van der Waals surface area contributed by atoms with Crippen molar-refractivity contribution in [3.8, 4) is 28.0 Å². The molecule has 4 fully saturated rings. The monoisotopic (exact) mass is 1060 g/mol. The van der Waals surface area contributed by atoms with E-state index in [0.29, 0.717) is 62.3 Å². The molecule has 0 aliphatic carbocycles. The maximum atomic E-state index is 13.7. The molecule has 2 unspecified atom stereocenters. The molecule has 4 amide bonds. The van der Waals surface area contributed by atoms with Gasteiger partial charge in [0.2, 0.25) is 17.8 Å². The number of piperazine rings is 1. The molecule has 76 heavy (non-hydrogen) atoms. The molecule has 0 spiro atoms. The van der Waals surface area contributed by atoms with Crippen LogP contribution in [0.3, 0.4) is 0 Å². The zero-order valence-electron chi connectivity index (χ0n) is 43.2. The number of carbonyl (C=O) groups is 4. The third-order valence-electron chi connectivity index (χ3n) is 15.6. The van der Waals surface area contributed by atoms with E-state index in [2.05, 4.69) is 57.8 Å². The molecule has 5 aliphatic rings. The van der Waals surface area contributed by atoms with Gasteiger partial charge in [-0.2, -0.15) is 10.1 Å². The first-order valence-electron chi connectivity index (χ1n) is 26.0. The lowest BCUT2D eigenvalue weighted by Gasteiger charge is -2.44. The SMILES string of the molecule is COc1cc(N2CCC(N3CCN(CC4CCN(c5ccc6c(c5)C(=O)N(C5CCC(=O)NC5=O)C6=O)C4)CC3)CC2)c(-c2cnn(C)c2)cc1Nc1ncc(Cl)c(Nc2ccc(-c3ccccc3)cc2P(C)(C)=O)n1. The number of nitrogens with one attached hydrogen (secondary N) is 3. The van der Waals surface area contributed by atoms with Gasteiger partial charge < -0.3 is 34.6 Å². The summed E-state index contributed by atoms with van der Waals surface area (Å²) in [6, 6.07) is 25.0. The first kappa shape index (κ1) is 51.0. The van der Waals surface area contributed by atoms with Crippen LogP contribution >= 0.6 is 18.7 Å². The predicted molar refractivity (Wildman–Crippen MR) is 296 cm³/mol. The lowest BCUT2D eigenvalue weighted by molar-refractivity contribution is -0.136. The molecule has 4 aromatic carbocycles. The molecular formula is C56H62ClN12O6P. The molecule has 3 N–H and O–H groups in total. The average Bonchev–Trinajstić information content (AvgIpc) is 4.18. The molecule has 4 saturated heterocycles. The van der Waals surface area contributed by atoms with Crippen molar-refractivity contribution in [2.24, 2.45) is 13.0 Å². The van der Waals surface area contributed by atoms with E-state index in [9.17, 15) is 23.7 Å². The second-order valence-corrected chi connectivity index (χ2v) is 24.5. The smallest absolute Gasteiger partial charge is 0.262 e. The maximum Gasteiger partial charge on any atom is 0.262 e. The summed E-state index contributed by atoms with van der Waals surface area (Å²) in [5, 5.41) is 14.6. The first-order chi connectivity index (χ1) is 36.7. The van der Waals surface area contributed by atoms with E-state index < -0.39 is 36.8 Å². The number of rotatable bonds is 14. The number of amides is 4. The molecule has 2 atom stereocenters. The molecule has 20 heteroatoms. The van der Waals surface area contributed by atoms with Crippen LogP contribution in [0, 0.1) is 5.92 Å². The summed E-state index contributed by atoms with van der Waals surface area (Å²) >= 11 is 6.72. The van der Waals surface area contributed by atoms with Crippen LogP contribution in [0.4, 0.5) is 34.5 Å². The summed E-state index contributed by atoms with van der Waals surface area (Å²) in [6.07, 6.45) is 8.77. The van der Waals surface area contributed by atoms with E-state index in [-0.39, 0.29) is 12.8 Å². The van der Waals surface area contributed by atoms with Crippen molar-refractivity contribution in [2.45, 2.75) is 44.2 Å². The number of imide groups is 2. The Kier molecular flexibility index (Phi) is 14.2. The number of fused-ring (bicyclic) bond motifs is 1. The van der Waals surface area contributed by atoms with E-state index in [4.69, 9.17) is 21.3 Å². The minimum absolute atomic E-state index is 0.0895. The van der Waals surface area contributed by atoms with E-state index >= 15 is 0 Å². The van der Waals surface area contributed by atoms with Crippen molar-refractivity contribution in [3.05, 3.63) is 114 Å². The van der Waals surface area contributed by atoms with E-state index in [1.165, 1.54) is 0 Å². The number of aryl methyl sites for hydroxylation is 1. The zero-order valence-corrected chi connectivity index (χ0v) is 44.8. The Balaban J connectivity index is 0.713. The summed E-state index contributed by atoms with van der Waals surface area (Å²) in [5.41, 5.74) is 7.88. The third kappa shape index (κ3) is 10.4. The normalized spacial score (nSPS) is 19.8. The van der Waals surface area contributed by atoms with Gasteiger partial charge in [0.25, 0.3) is 11.8 Å². The summed E-state index contributed by atoms with van der Waals surface area (Å²) < 4.78 is 21.5. The van der Waals surface area contributed by atoms with Gasteiger partial charge in [-0.05, 0) is 92.5 Å². The number of piperidine rings is 2. The Hall–Kier alpha value is -7.11. The summed E-state index contributed by atoms with van der Waals surface area (Å²) in [7, 11) is 0.836. The van der Waals surface area contributed by atoms with Gasteiger partial charge in [-0.1, -0.05) is 48.0 Å². The van der Waals surface area contributed by atoms with E-state index in [1.807, 2.05) is 74.0 Å². The van der Waals surface area contributed by atoms with Crippen molar-refractivity contribution >= 4 is 82.2 Å².